The van der Waals surface area contributed by atoms with E-state index in [4.69, 9.17) is 4.74 Å². The zero-order valence-corrected chi connectivity index (χ0v) is 15.7. The molecule has 0 saturated heterocycles. The molecule has 0 radical (unpaired) electrons. The van der Waals surface area contributed by atoms with Crippen molar-refractivity contribution in [3.05, 3.63) is 40.9 Å². The van der Waals surface area contributed by atoms with Gasteiger partial charge in [-0.15, -0.1) is 11.3 Å². The number of carbonyl (C=O) groups is 3. The zero-order chi connectivity index (χ0) is 19.1. The van der Waals surface area contributed by atoms with Crippen molar-refractivity contribution in [2.24, 2.45) is 0 Å². The monoisotopic (exact) mass is 375 g/mol. The molecule has 0 spiro atoms. The molecular formula is C18H21N3O4S. The fraction of sp³-hybridized carbons (Fsp3) is 0.333. The summed E-state index contributed by atoms with van der Waals surface area (Å²) in [5.41, 5.74) is 1.44. The first-order valence-electron chi connectivity index (χ1n) is 8.21. The number of urea groups is 1. The van der Waals surface area contributed by atoms with Crippen molar-refractivity contribution in [3.63, 3.8) is 0 Å². The molecule has 8 heteroatoms. The summed E-state index contributed by atoms with van der Waals surface area (Å²) in [5, 5.41) is 5.41. The fourth-order valence-corrected chi connectivity index (χ4v) is 2.98. The van der Waals surface area contributed by atoms with E-state index < -0.39 is 24.5 Å². The van der Waals surface area contributed by atoms with E-state index in [9.17, 15) is 14.4 Å². The smallest absolute Gasteiger partial charge is 0.350 e. The SMILES string of the molecule is CC[C@@H](C)NC(=O)NC(=O)COC(=O)c1sc(-c2ccccc2)nc1C. The number of aromatic nitrogens is 1. The number of benzene rings is 1. The van der Waals surface area contributed by atoms with Gasteiger partial charge in [-0.2, -0.15) is 0 Å². The molecule has 0 aliphatic carbocycles. The van der Waals surface area contributed by atoms with Crippen LogP contribution in [0.1, 0.15) is 35.6 Å². The van der Waals surface area contributed by atoms with Gasteiger partial charge in [-0.1, -0.05) is 37.3 Å². The second kappa shape index (κ2) is 9.10. The molecule has 1 heterocycles. The van der Waals surface area contributed by atoms with Crippen LogP contribution in [0.3, 0.4) is 0 Å². The first kappa shape index (κ1) is 19.6. The van der Waals surface area contributed by atoms with Crippen LogP contribution in [0.4, 0.5) is 4.79 Å². The van der Waals surface area contributed by atoms with Crippen LogP contribution >= 0.6 is 11.3 Å². The highest BCUT2D eigenvalue weighted by Gasteiger charge is 2.19. The van der Waals surface area contributed by atoms with Gasteiger partial charge in [-0.3, -0.25) is 10.1 Å². The van der Waals surface area contributed by atoms with Crippen molar-refractivity contribution in [3.8, 4) is 10.6 Å². The van der Waals surface area contributed by atoms with E-state index in [0.717, 1.165) is 12.0 Å². The summed E-state index contributed by atoms with van der Waals surface area (Å²) in [6, 6.07) is 8.81. The number of rotatable bonds is 6. The summed E-state index contributed by atoms with van der Waals surface area (Å²) in [5.74, 6) is -1.33. The average Bonchev–Trinajstić information content (AvgIpc) is 3.02. The van der Waals surface area contributed by atoms with Crippen LogP contribution in [0.15, 0.2) is 30.3 Å². The molecule has 2 rings (SSSR count). The fourth-order valence-electron chi connectivity index (χ4n) is 2.01. The second-order valence-electron chi connectivity index (χ2n) is 5.71. The molecule has 0 saturated carbocycles. The molecule has 0 bridgehead atoms. The number of esters is 1. The highest BCUT2D eigenvalue weighted by Crippen LogP contribution is 2.28. The number of nitrogens with one attached hydrogen (secondary N) is 2. The number of imide groups is 1. The van der Waals surface area contributed by atoms with Crippen molar-refractivity contribution < 1.29 is 19.1 Å². The van der Waals surface area contributed by atoms with Crippen LogP contribution in [0.5, 0.6) is 0 Å². The van der Waals surface area contributed by atoms with Crippen LogP contribution in [-0.2, 0) is 9.53 Å². The van der Waals surface area contributed by atoms with Gasteiger partial charge >= 0.3 is 12.0 Å². The molecule has 26 heavy (non-hydrogen) atoms. The summed E-state index contributed by atoms with van der Waals surface area (Å²) in [4.78, 5) is 40.2. The summed E-state index contributed by atoms with van der Waals surface area (Å²) < 4.78 is 4.99. The predicted octanol–water partition coefficient (Wildman–Crippen LogP) is 2.90. The van der Waals surface area contributed by atoms with E-state index in [-0.39, 0.29) is 6.04 Å². The van der Waals surface area contributed by atoms with Crippen LogP contribution in [0, 0.1) is 6.92 Å². The zero-order valence-electron chi connectivity index (χ0n) is 14.9. The molecule has 1 atom stereocenters. The number of aryl methyl sites for hydroxylation is 1. The summed E-state index contributed by atoms with van der Waals surface area (Å²) >= 11 is 1.20. The van der Waals surface area contributed by atoms with Crippen LogP contribution in [0.25, 0.3) is 10.6 Å². The van der Waals surface area contributed by atoms with Gasteiger partial charge in [0.05, 0.1) is 5.69 Å². The van der Waals surface area contributed by atoms with Crippen LogP contribution in [0.2, 0.25) is 0 Å². The first-order valence-corrected chi connectivity index (χ1v) is 9.02. The van der Waals surface area contributed by atoms with Crippen molar-refractivity contribution >= 4 is 29.2 Å². The van der Waals surface area contributed by atoms with Gasteiger partial charge in [0.2, 0.25) is 0 Å². The summed E-state index contributed by atoms with van der Waals surface area (Å²) in [6.45, 7) is 4.90. The Hall–Kier alpha value is -2.74. The van der Waals surface area contributed by atoms with Crippen molar-refractivity contribution in [2.45, 2.75) is 33.2 Å². The van der Waals surface area contributed by atoms with E-state index in [1.54, 1.807) is 6.92 Å². The normalized spacial score (nSPS) is 11.5. The van der Waals surface area contributed by atoms with E-state index in [1.165, 1.54) is 11.3 Å². The molecule has 2 N–H and O–H groups in total. The third-order valence-corrected chi connectivity index (χ3v) is 4.77. The lowest BCUT2D eigenvalue weighted by molar-refractivity contribution is -0.123. The molecule has 3 amide bonds. The van der Waals surface area contributed by atoms with Crippen molar-refractivity contribution in [1.82, 2.24) is 15.6 Å². The second-order valence-corrected chi connectivity index (χ2v) is 6.71. The maximum atomic E-state index is 12.2. The molecule has 2 aromatic rings. The van der Waals surface area contributed by atoms with E-state index in [1.807, 2.05) is 44.2 Å². The Bertz CT molecular complexity index is 789. The van der Waals surface area contributed by atoms with Crippen molar-refractivity contribution in [1.29, 1.82) is 0 Å². The van der Waals surface area contributed by atoms with Crippen molar-refractivity contribution in [2.75, 3.05) is 6.61 Å². The third-order valence-electron chi connectivity index (χ3n) is 3.58. The Labute approximate surface area is 155 Å². The maximum absolute atomic E-state index is 12.2. The quantitative estimate of drug-likeness (QED) is 0.757. The average molecular weight is 375 g/mol. The number of carbonyl (C=O) groups excluding carboxylic acids is 3. The molecule has 1 aromatic heterocycles. The van der Waals surface area contributed by atoms with Gasteiger partial charge in [-0.05, 0) is 20.3 Å². The van der Waals surface area contributed by atoms with Gasteiger partial charge < -0.3 is 10.1 Å². The molecular weight excluding hydrogens is 354 g/mol. The number of ether oxygens (including phenoxy) is 1. The number of amides is 3. The molecule has 0 aliphatic heterocycles. The molecule has 138 valence electrons. The first-order chi connectivity index (χ1) is 12.4. The Kier molecular flexibility index (Phi) is 6.85. The standard InChI is InChI=1S/C18H21N3O4S/c1-4-11(2)19-18(24)21-14(22)10-25-17(23)15-12(3)20-16(26-15)13-8-6-5-7-9-13/h5-9,11H,4,10H2,1-3H3,(H2,19,21,22,24)/t11-/m1/s1. The van der Waals surface area contributed by atoms with Gasteiger partial charge in [0.1, 0.15) is 9.88 Å². The number of nitrogens with zero attached hydrogens (tertiary/aromatic N) is 1. The Morgan fingerprint density at radius 3 is 2.58 bits per heavy atom. The number of hydrogen-bond acceptors (Lipinski definition) is 6. The van der Waals surface area contributed by atoms with Gasteiger partial charge in [0.25, 0.3) is 5.91 Å². The van der Waals surface area contributed by atoms with Crippen LogP contribution in [-0.4, -0.2) is 35.5 Å². The molecule has 1 aromatic carbocycles. The Morgan fingerprint density at radius 1 is 1.23 bits per heavy atom. The minimum atomic E-state index is -0.690. The number of hydrogen-bond donors (Lipinski definition) is 2. The summed E-state index contributed by atoms with van der Waals surface area (Å²) in [6.07, 6.45) is 0.741. The Balaban J connectivity index is 1.91. The largest absolute Gasteiger partial charge is 0.451 e. The lowest BCUT2D eigenvalue weighted by Gasteiger charge is -2.11. The molecule has 0 unspecified atom stereocenters. The van der Waals surface area contributed by atoms with Gasteiger partial charge in [0, 0.05) is 11.6 Å². The van der Waals surface area contributed by atoms with Crippen LogP contribution < -0.4 is 10.6 Å². The minimum absolute atomic E-state index is 0.0541. The molecule has 7 nitrogen and oxygen atoms in total. The lowest BCUT2D eigenvalue weighted by Crippen LogP contribution is -2.44. The molecule has 0 fully saturated rings. The highest BCUT2D eigenvalue weighted by atomic mass is 32.1. The topological polar surface area (TPSA) is 97.4 Å². The Morgan fingerprint density at radius 2 is 1.92 bits per heavy atom. The van der Waals surface area contributed by atoms with E-state index >= 15 is 0 Å². The maximum Gasteiger partial charge on any atom is 0.350 e. The highest BCUT2D eigenvalue weighted by molar-refractivity contribution is 7.17. The van der Waals surface area contributed by atoms with Gasteiger partial charge in [-0.25, -0.2) is 14.6 Å². The molecule has 0 aliphatic rings. The third kappa shape index (κ3) is 5.38. The minimum Gasteiger partial charge on any atom is -0.451 e. The lowest BCUT2D eigenvalue weighted by atomic mass is 10.2. The van der Waals surface area contributed by atoms with E-state index in [2.05, 4.69) is 15.6 Å². The predicted molar refractivity (Wildman–Crippen MR) is 99.0 cm³/mol. The van der Waals surface area contributed by atoms with Gasteiger partial charge in [0.15, 0.2) is 6.61 Å². The summed E-state index contributed by atoms with van der Waals surface area (Å²) in [7, 11) is 0. The van der Waals surface area contributed by atoms with E-state index in [0.29, 0.717) is 15.6 Å². The number of thiazole rings is 1.